The number of hydrogen-bond donors (Lipinski definition) is 1. The van der Waals surface area contributed by atoms with Gasteiger partial charge >= 0.3 is 0 Å². The molecule has 1 aliphatic heterocycles. The molecule has 0 spiro atoms. The number of nitrogens with one attached hydrogen (secondary N) is 1. The van der Waals surface area contributed by atoms with E-state index in [9.17, 15) is 0 Å². The van der Waals surface area contributed by atoms with Crippen LogP contribution in [0, 0.1) is 5.41 Å². The topological polar surface area (TPSA) is 49.7 Å². The summed E-state index contributed by atoms with van der Waals surface area (Å²) in [6, 6.07) is 0. The minimum absolute atomic E-state index is 0.338. The molecule has 1 fully saturated rings. The van der Waals surface area contributed by atoms with Crippen molar-refractivity contribution in [1.82, 2.24) is 24.4 Å². The molecule has 0 aliphatic carbocycles. The van der Waals surface area contributed by atoms with Gasteiger partial charge in [0, 0.05) is 25.5 Å². The second-order valence-corrected chi connectivity index (χ2v) is 5.64. The van der Waals surface area contributed by atoms with Crippen LogP contribution in [-0.2, 0) is 6.54 Å². The van der Waals surface area contributed by atoms with Gasteiger partial charge in [-0.3, -0.25) is 0 Å². The predicted octanol–water partition coefficient (Wildman–Crippen LogP) is 1.61. The van der Waals surface area contributed by atoms with E-state index in [0.29, 0.717) is 5.41 Å². The van der Waals surface area contributed by atoms with Crippen LogP contribution in [-0.4, -0.2) is 44.6 Å². The normalized spacial score (nSPS) is 24.8. The molecule has 1 saturated heterocycles. The highest BCUT2D eigenvalue weighted by Gasteiger charge is 2.32. The number of imidazole rings is 2. The summed E-state index contributed by atoms with van der Waals surface area (Å²) in [6.07, 6.45) is 8.67. The highest BCUT2D eigenvalue weighted by Crippen LogP contribution is 2.32. The molecule has 1 aliphatic rings. The van der Waals surface area contributed by atoms with Crippen molar-refractivity contribution in [2.75, 3.05) is 20.1 Å². The molecule has 3 heterocycles. The zero-order valence-corrected chi connectivity index (χ0v) is 10.9. The molecular formula is C13H19N5. The van der Waals surface area contributed by atoms with Crippen LogP contribution in [0.25, 0.3) is 11.5 Å². The number of aromatic nitrogens is 4. The average Bonchev–Trinajstić information content (AvgIpc) is 2.99. The van der Waals surface area contributed by atoms with E-state index in [1.807, 2.05) is 12.4 Å². The van der Waals surface area contributed by atoms with Gasteiger partial charge in [0.2, 0.25) is 0 Å². The third-order valence-electron chi connectivity index (χ3n) is 3.76. The molecule has 96 valence electrons. The van der Waals surface area contributed by atoms with Crippen molar-refractivity contribution in [3.63, 3.8) is 0 Å². The zero-order valence-electron chi connectivity index (χ0n) is 10.9. The van der Waals surface area contributed by atoms with Crippen LogP contribution in [0.3, 0.4) is 0 Å². The molecule has 0 radical (unpaired) electrons. The van der Waals surface area contributed by atoms with Gasteiger partial charge in [-0.05, 0) is 25.4 Å². The molecule has 1 N–H and O–H groups in total. The van der Waals surface area contributed by atoms with Gasteiger partial charge in [0.15, 0.2) is 5.82 Å². The maximum Gasteiger partial charge on any atom is 0.158 e. The maximum absolute atomic E-state index is 4.43. The first kappa shape index (κ1) is 11.5. The first-order valence-corrected chi connectivity index (χ1v) is 6.35. The van der Waals surface area contributed by atoms with Gasteiger partial charge in [0.1, 0.15) is 5.69 Å². The van der Waals surface area contributed by atoms with Gasteiger partial charge in [-0.25, -0.2) is 9.97 Å². The van der Waals surface area contributed by atoms with Crippen LogP contribution < -0.4 is 0 Å². The summed E-state index contributed by atoms with van der Waals surface area (Å²) in [4.78, 5) is 14.0. The van der Waals surface area contributed by atoms with Crippen LogP contribution in [0.1, 0.15) is 13.3 Å². The number of hydrogen-bond acceptors (Lipinski definition) is 3. The zero-order chi connectivity index (χ0) is 12.6. The lowest BCUT2D eigenvalue weighted by Gasteiger charge is -2.25. The lowest BCUT2D eigenvalue weighted by atomic mass is 9.89. The Kier molecular flexibility index (Phi) is 2.70. The van der Waals surface area contributed by atoms with E-state index in [-0.39, 0.29) is 0 Å². The fraction of sp³-hybridized carbons (Fsp3) is 0.538. The lowest BCUT2D eigenvalue weighted by Crippen LogP contribution is -2.27. The smallest absolute Gasteiger partial charge is 0.158 e. The Hall–Kier alpha value is -1.62. The molecule has 5 nitrogen and oxygen atoms in total. The van der Waals surface area contributed by atoms with Crippen LogP contribution in [0.5, 0.6) is 0 Å². The summed E-state index contributed by atoms with van der Waals surface area (Å²) in [7, 11) is 2.19. The Balaban J connectivity index is 1.84. The van der Waals surface area contributed by atoms with E-state index in [1.54, 1.807) is 6.33 Å². The second-order valence-electron chi connectivity index (χ2n) is 5.64. The molecule has 0 amide bonds. The van der Waals surface area contributed by atoms with Crippen molar-refractivity contribution >= 4 is 0 Å². The molecule has 0 saturated carbocycles. The van der Waals surface area contributed by atoms with E-state index in [2.05, 4.69) is 44.6 Å². The Morgan fingerprint density at radius 1 is 1.50 bits per heavy atom. The van der Waals surface area contributed by atoms with Crippen molar-refractivity contribution in [1.29, 1.82) is 0 Å². The number of nitrogens with zero attached hydrogens (tertiary/aromatic N) is 4. The van der Waals surface area contributed by atoms with E-state index in [4.69, 9.17) is 0 Å². The molecule has 5 heteroatoms. The third-order valence-corrected chi connectivity index (χ3v) is 3.76. The molecule has 18 heavy (non-hydrogen) atoms. The minimum Gasteiger partial charge on any atom is -0.342 e. The van der Waals surface area contributed by atoms with Gasteiger partial charge in [-0.2, -0.15) is 0 Å². The summed E-state index contributed by atoms with van der Waals surface area (Å²) < 4.78 is 2.23. The molecule has 0 bridgehead atoms. The molecule has 1 atom stereocenters. The first-order valence-electron chi connectivity index (χ1n) is 6.35. The van der Waals surface area contributed by atoms with Gasteiger partial charge in [0.25, 0.3) is 0 Å². The molecular weight excluding hydrogens is 226 g/mol. The standard InChI is InChI=1S/C13H19N5/c1-13(3-5-17(2)8-13)9-18-6-4-15-12(18)11-7-14-10-16-11/h4,6-7,10H,3,5,8-9H2,1-2H3,(H,14,16)/t13-/m0/s1. The molecule has 0 aromatic carbocycles. The van der Waals surface area contributed by atoms with Crippen molar-refractivity contribution in [2.45, 2.75) is 19.9 Å². The Morgan fingerprint density at radius 3 is 3.06 bits per heavy atom. The number of likely N-dealkylation sites (tertiary alicyclic amines) is 1. The Labute approximate surface area is 107 Å². The predicted molar refractivity (Wildman–Crippen MR) is 70.0 cm³/mol. The third kappa shape index (κ3) is 2.06. The van der Waals surface area contributed by atoms with Gasteiger partial charge in [-0.15, -0.1) is 0 Å². The van der Waals surface area contributed by atoms with Crippen LogP contribution >= 0.6 is 0 Å². The molecule has 0 unspecified atom stereocenters. The number of rotatable bonds is 3. The van der Waals surface area contributed by atoms with Crippen LogP contribution in [0.4, 0.5) is 0 Å². The highest BCUT2D eigenvalue weighted by atomic mass is 15.2. The van der Waals surface area contributed by atoms with E-state index in [0.717, 1.165) is 24.6 Å². The highest BCUT2D eigenvalue weighted by molar-refractivity contribution is 5.47. The fourth-order valence-electron chi connectivity index (χ4n) is 2.87. The average molecular weight is 245 g/mol. The van der Waals surface area contributed by atoms with Gasteiger partial charge < -0.3 is 14.5 Å². The fourth-order valence-corrected chi connectivity index (χ4v) is 2.87. The summed E-state index contributed by atoms with van der Waals surface area (Å²) in [5, 5.41) is 0. The molecule has 2 aromatic rings. The maximum atomic E-state index is 4.43. The summed E-state index contributed by atoms with van der Waals surface area (Å²) in [6.45, 7) is 5.69. The van der Waals surface area contributed by atoms with Crippen molar-refractivity contribution in [3.05, 3.63) is 24.9 Å². The van der Waals surface area contributed by atoms with Gasteiger partial charge in [-0.1, -0.05) is 6.92 Å². The van der Waals surface area contributed by atoms with Crippen LogP contribution in [0.15, 0.2) is 24.9 Å². The summed E-state index contributed by atoms with van der Waals surface area (Å²) >= 11 is 0. The second kappa shape index (κ2) is 4.24. The Morgan fingerprint density at radius 2 is 2.39 bits per heavy atom. The number of aromatic amines is 1. The van der Waals surface area contributed by atoms with Gasteiger partial charge in [0.05, 0.1) is 12.5 Å². The molecule has 3 rings (SSSR count). The quantitative estimate of drug-likeness (QED) is 0.894. The van der Waals surface area contributed by atoms with E-state index in [1.165, 1.54) is 13.0 Å². The van der Waals surface area contributed by atoms with E-state index < -0.39 is 0 Å². The largest absolute Gasteiger partial charge is 0.342 e. The summed E-state index contributed by atoms with van der Waals surface area (Å²) in [5.74, 6) is 0.975. The van der Waals surface area contributed by atoms with Crippen molar-refractivity contribution < 1.29 is 0 Å². The van der Waals surface area contributed by atoms with Crippen molar-refractivity contribution in [2.24, 2.45) is 5.41 Å². The summed E-state index contributed by atoms with van der Waals surface area (Å²) in [5.41, 5.74) is 1.32. The monoisotopic (exact) mass is 245 g/mol. The first-order chi connectivity index (χ1) is 8.66. The Bertz CT molecular complexity index is 515. The lowest BCUT2D eigenvalue weighted by molar-refractivity contribution is 0.270. The molecule has 2 aromatic heterocycles. The SMILES string of the molecule is CN1CC[C@](C)(Cn2ccnc2-c2cnc[nH]2)C1. The van der Waals surface area contributed by atoms with E-state index >= 15 is 0 Å². The minimum atomic E-state index is 0.338. The van der Waals surface area contributed by atoms with Crippen LogP contribution in [0.2, 0.25) is 0 Å². The number of H-pyrrole nitrogens is 1. The van der Waals surface area contributed by atoms with Crippen molar-refractivity contribution in [3.8, 4) is 11.5 Å².